The first-order chi connectivity index (χ1) is 17.6. The van der Waals surface area contributed by atoms with Crippen LogP contribution < -0.4 is 10.1 Å². The minimum absolute atomic E-state index is 0.162. The molecule has 9 nitrogen and oxygen atoms in total. The molecular formula is C28H34N2O7. The van der Waals surface area contributed by atoms with E-state index in [1.165, 1.54) is 0 Å². The minimum atomic E-state index is -0.896. The molecule has 2 amide bonds. The zero-order valence-corrected chi connectivity index (χ0v) is 21.4. The van der Waals surface area contributed by atoms with Gasteiger partial charge < -0.3 is 29.5 Å². The van der Waals surface area contributed by atoms with Gasteiger partial charge in [0.2, 0.25) is 0 Å². The van der Waals surface area contributed by atoms with Gasteiger partial charge in [-0.05, 0) is 62.8 Å². The number of amides is 2. The molecule has 0 radical (unpaired) electrons. The van der Waals surface area contributed by atoms with Gasteiger partial charge in [0.15, 0.2) is 0 Å². The SMILES string of the molecule is CC(C)(C)OC(=O)N1CC[C@H]([C@H](Cc2ccc3c(c2)C(NC(=O)OCc2ccccc2)CO3)C(=O)O)C1. The van der Waals surface area contributed by atoms with Crippen LogP contribution in [0, 0.1) is 11.8 Å². The normalized spacial score (nSPS) is 19.5. The fourth-order valence-electron chi connectivity index (χ4n) is 4.74. The highest BCUT2D eigenvalue weighted by Gasteiger charge is 2.37. The molecule has 0 spiro atoms. The average Bonchev–Trinajstić information content (AvgIpc) is 3.48. The Labute approximate surface area is 216 Å². The van der Waals surface area contributed by atoms with E-state index in [9.17, 15) is 19.5 Å². The monoisotopic (exact) mass is 510 g/mol. The number of benzene rings is 2. The molecule has 0 aromatic heterocycles. The molecule has 2 heterocycles. The van der Waals surface area contributed by atoms with Crippen molar-refractivity contribution in [1.82, 2.24) is 10.2 Å². The first-order valence-electron chi connectivity index (χ1n) is 12.5. The number of carboxylic acids is 1. The van der Waals surface area contributed by atoms with E-state index in [4.69, 9.17) is 14.2 Å². The molecule has 1 fully saturated rings. The number of carboxylic acid groups (broad SMARTS) is 1. The summed E-state index contributed by atoms with van der Waals surface area (Å²) in [5, 5.41) is 12.8. The molecule has 1 unspecified atom stereocenters. The van der Waals surface area contributed by atoms with Gasteiger partial charge >= 0.3 is 18.2 Å². The van der Waals surface area contributed by atoms with Gasteiger partial charge in [-0.1, -0.05) is 36.4 Å². The lowest BCUT2D eigenvalue weighted by Crippen LogP contribution is -2.36. The zero-order valence-electron chi connectivity index (χ0n) is 21.4. The highest BCUT2D eigenvalue weighted by Crippen LogP contribution is 2.35. The number of carbonyl (C=O) groups excluding carboxylic acids is 2. The maximum Gasteiger partial charge on any atom is 0.410 e. The number of hydrogen-bond acceptors (Lipinski definition) is 6. The van der Waals surface area contributed by atoms with Crippen LogP contribution in [0.25, 0.3) is 0 Å². The van der Waals surface area contributed by atoms with E-state index in [0.717, 1.165) is 16.7 Å². The summed E-state index contributed by atoms with van der Waals surface area (Å²) in [6.07, 6.45) is -0.0586. The Kier molecular flexibility index (Phi) is 7.90. The summed E-state index contributed by atoms with van der Waals surface area (Å²) in [5.41, 5.74) is 1.91. The molecule has 0 saturated carbocycles. The van der Waals surface area contributed by atoms with E-state index in [0.29, 0.717) is 31.7 Å². The number of fused-ring (bicyclic) bond motifs is 1. The number of nitrogens with one attached hydrogen (secondary N) is 1. The third-order valence-electron chi connectivity index (χ3n) is 6.58. The second kappa shape index (κ2) is 11.1. The van der Waals surface area contributed by atoms with Crippen LogP contribution in [0.4, 0.5) is 9.59 Å². The van der Waals surface area contributed by atoms with Crippen LogP contribution in [-0.4, -0.2) is 53.5 Å². The Hall–Kier alpha value is -3.75. The molecule has 3 atom stereocenters. The van der Waals surface area contributed by atoms with Gasteiger partial charge in [0.05, 0.1) is 12.0 Å². The lowest BCUT2D eigenvalue weighted by atomic mass is 9.85. The lowest BCUT2D eigenvalue weighted by Gasteiger charge is -2.25. The van der Waals surface area contributed by atoms with E-state index in [-0.39, 0.29) is 19.1 Å². The molecule has 9 heteroatoms. The zero-order chi connectivity index (χ0) is 26.6. The molecule has 2 aliphatic heterocycles. The van der Waals surface area contributed by atoms with Gasteiger partial charge in [-0.2, -0.15) is 0 Å². The van der Waals surface area contributed by atoms with Crippen molar-refractivity contribution in [3.8, 4) is 5.75 Å². The van der Waals surface area contributed by atoms with Crippen LogP contribution in [-0.2, 0) is 27.3 Å². The fourth-order valence-corrected chi connectivity index (χ4v) is 4.74. The third kappa shape index (κ3) is 6.93. The maximum atomic E-state index is 12.4. The highest BCUT2D eigenvalue weighted by molar-refractivity contribution is 5.72. The lowest BCUT2D eigenvalue weighted by molar-refractivity contribution is -0.143. The molecule has 2 aliphatic rings. The summed E-state index contributed by atoms with van der Waals surface area (Å²) >= 11 is 0. The number of nitrogens with zero attached hydrogens (tertiary/aromatic N) is 1. The van der Waals surface area contributed by atoms with Gasteiger partial charge in [0.25, 0.3) is 0 Å². The van der Waals surface area contributed by atoms with E-state index in [2.05, 4.69) is 5.32 Å². The van der Waals surface area contributed by atoms with Crippen LogP contribution in [0.3, 0.4) is 0 Å². The average molecular weight is 511 g/mol. The molecule has 4 rings (SSSR count). The summed E-state index contributed by atoms with van der Waals surface area (Å²) in [7, 11) is 0. The van der Waals surface area contributed by atoms with Crippen molar-refractivity contribution in [1.29, 1.82) is 0 Å². The van der Waals surface area contributed by atoms with E-state index in [1.54, 1.807) is 25.7 Å². The molecule has 198 valence electrons. The highest BCUT2D eigenvalue weighted by atomic mass is 16.6. The second-order valence-corrected chi connectivity index (χ2v) is 10.6. The summed E-state index contributed by atoms with van der Waals surface area (Å²) in [5.74, 6) is -1.08. The molecule has 0 bridgehead atoms. The van der Waals surface area contributed by atoms with Crippen molar-refractivity contribution in [2.45, 2.75) is 51.9 Å². The summed E-state index contributed by atoms with van der Waals surface area (Å²) < 4.78 is 16.5. The number of alkyl carbamates (subject to hydrolysis) is 1. The van der Waals surface area contributed by atoms with Gasteiger partial charge in [-0.3, -0.25) is 4.79 Å². The van der Waals surface area contributed by atoms with E-state index in [1.807, 2.05) is 48.5 Å². The molecule has 0 aliphatic carbocycles. The molecule has 2 N–H and O–H groups in total. The number of aliphatic carboxylic acids is 1. The summed E-state index contributed by atoms with van der Waals surface area (Å²) in [4.78, 5) is 38.6. The predicted molar refractivity (Wildman–Crippen MR) is 135 cm³/mol. The quantitative estimate of drug-likeness (QED) is 0.562. The fraction of sp³-hybridized carbons (Fsp3) is 0.464. The van der Waals surface area contributed by atoms with Crippen LogP contribution >= 0.6 is 0 Å². The van der Waals surface area contributed by atoms with Gasteiger partial charge in [0.1, 0.15) is 24.6 Å². The standard InChI is InChI=1S/C28H34N2O7/c1-28(2,3)37-27(34)30-12-11-20(15-30)21(25(31)32)13-19-9-10-24-22(14-19)23(17-35-24)29-26(33)36-16-18-7-5-4-6-8-18/h4-10,14,20-21,23H,11-13,15-17H2,1-3H3,(H,29,33)(H,31,32)/t20-,21-,23?/m0/s1. The Morgan fingerprint density at radius 3 is 2.59 bits per heavy atom. The van der Waals surface area contributed by atoms with Crippen LogP contribution in [0.2, 0.25) is 0 Å². The summed E-state index contributed by atoms with van der Waals surface area (Å²) in [6, 6.07) is 14.6. The molecule has 37 heavy (non-hydrogen) atoms. The van der Waals surface area contributed by atoms with Crippen molar-refractivity contribution < 1.29 is 33.7 Å². The largest absolute Gasteiger partial charge is 0.491 e. The number of carbonyl (C=O) groups is 3. The Morgan fingerprint density at radius 1 is 1.14 bits per heavy atom. The number of rotatable bonds is 7. The molecule has 1 saturated heterocycles. The van der Waals surface area contributed by atoms with Gasteiger partial charge in [-0.15, -0.1) is 0 Å². The van der Waals surface area contributed by atoms with Crippen LogP contribution in [0.1, 0.15) is 49.9 Å². The van der Waals surface area contributed by atoms with Gasteiger partial charge in [-0.25, -0.2) is 9.59 Å². The Morgan fingerprint density at radius 2 is 1.89 bits per heavy atom. The van der Waals surface area contributed by atoms with Crippen LogP contribution in [0.15, 0.2) is 48.5 Å². The maximum absolute atomic E-state index is 12.4. The molecular weight excluding hydrogens is 476 g/mol. The van der Waals surface area contributed by atoms with Crippen molar-refractivity contribution in [3.05, 3.63) is 65.2 Å². The topological polar surface area (TPSA) is 114 Å². The molecule has 2 aromatic rings. The predicted octanol–water partition coefficient (Wildman–Crippen LogP) is 4.55. The van der Waals surface area contributed by atoms with Crippen molar-refractivity contribution in [2.75, 3.05) is 19.7 Å². The first kappa shape index (κ1) is 26.3. The minimum Gasteiger partial charge on any atom is -0.491 e. The number of hydrogen-bond donors (Lipinski definition) is 2. The second-order valence-electron chi connectivity index (χ2n) is 10.6. The van der Waals surface area contributed by atoms with Crippen LogP contribution in [0.5, 0.6) is 5.75 Å². The van der Waals surface area contributed by atoms with Crippen molar-refractivity contribution in [2.24, 2.45) is 11.8 Å². The van der Waals surface area contributed by atoms with Crippen molar-refractivity contribution in [3.63, 3.8) is 0 Å². The smallest absolute Gasteiger partial charge is 0.410 e. The third-order valence-corrected chi connectivity index (χ3v) is 6.58. The van der Waals surface area contributed by atoms with Gasteiger partial charge in [0, 0.05) is 18.7 Å². The molecule has 2 aromatic carbocycles. The van der Waals surface area contributed by atoms with E-state index >= 15 is 0 Å². The Bertz CT molecular complexity index is 1130. The van der Waals surface area contributed by atoms with Crippen molar-refractivity contribution >= 4 is 18.2 Å². The number of ether oxygens (including phenoxy) is 3. The van der Waals surface area contributed by atoms with E-state index < -0.39 is 35.7 Å². The first-order valence-corrected chi connectivity index (χ1v) is 12.5. The summed E-state index contributed by atoms with van der Waals surface area (Å²) in [6.45, 7) is 6.67. The number of likely N-dealkylation sites (tertiary alicyclic amines) is 1. The Balaban J connectivity index is 1.37.